The molecule has 0 spiro atoms. The number of alkyl halides is 1. The van der Waals surface area contributed by atoms with Gasteiger partial charge in [-0.3, -0.25) is 0 Å². The molecule has 0 unspecified atom stereocenters. The zero-order valence-electron chi connectivity index (χ0n) is 9.05. The molecule has 0 radical (unpaired) electrons. The predicted molar refractivity (Wildman–Crippen MR) is 65.0 cm³/mol. The Labute approximate surface area is 96.4 Å². The summed E-state index contributed by atoms with van der Waals surface area (Å²) in [7, 11) is 0. The standard InChI is InChI=1S/C12H22BrN/c13-8-2-1-3-9-14(12-6-7-12)10-11-4-5-11/h11-12H,1-10H2. The molecule has 82 valence electrons. The van der Waals surface area contributed by atoms with Crippen molar-refractivity contribution >= 4 is 15.9 Å². The minimum absolute atomic E-state index is 0.986. The van der Waals surface area contributed by atoms with Crippen molar-refractivity contribution in [3.8, 4) is 0 Å². The molecular formula is C12H22BrN. The first-order chi connectivity index (χ1) is 6.90. The highest BCUT2D eigenvalue weighted by Gasteiger charge is 2.32. The van der Waals surface area contributed by atoms with Crippen molar-refractivity contribution in [2.45, 2.75) is 51.0 Å². The summed E-state index contributed by atoms with van der Waals surface area (Å²) in [6.45, 7) is 2.78. The molecule has 2 fully saturated rings. The molecule has 2 saturated carbocycles. The van der Waals surface area contributed by atoms with Crippen LogP contribution in [0.4, 0.5) is 0 Å². The quantitative estimate of drug-likeness (QED) is 0.477. The maximum Gasteiger partial charge on any atom is 0.00965 e. The fourth-order valence-electron chi connectivity index (χ4n) is 2.08. The van der Waals surface area contributed by atoms with E-state index in [0.717, 1.165) is 12.0 Å². The van der Waals surface area contributed by atoms with Gasteiger partial charge in [-0.15, -0.1) is 0 Å². The van der Waals surface area contributed by atoms with Crippen molar-refractivity contribution in [1.29, 1.82) is 0 Å². The average Bonchev–Trinajstić information content (AvgIpc) is 3.02. The van der Waals surface area contributed by atoms with Crippen molar-refractivity contribution in [2.75, 3.05) is 18.4 Å². The van der Waals surface area contributed by atoms with Crippen LogP contribution in [0.2, 0.25) is 0 Å². The number of halogens is 1. The van der Waals surface area contributed by atoms with E-state index in [1.54, 1.807) is 0 Å². The smallest absolute Gasteiger partial charge is 0.00965 e. The van der Waals surface area contributed by atoms with E-state index in [-0.39, 0.29) is 0 Å². The maximum absolute atomic E-state index is 3.49. The van der Waals surface area contributed by atoms with Crippen molar-refractivity contribution < 1.29 is 0 Å². The summed E-state index contributed by atoms with van der Waals surface area (Å²) < 4.78 is 0. The SMILES string of the molecule is BrCCCCCN(CC1CC1)C1CC1. The highest BCUT2D eigenvalue weighted by molar-refractivity contribution is 9.09. The van der Waals surface area contributed by atoms with Crippen molar-refractivity contribution in [3.63, 3.8) is 0 Å². The number of nitrogens with zero attached hydrogens (tertiary/aromatic N) is 1. The van der Waals surface area contributed by atoms with Gasteiger partial charge < -0.3 is 4.90 Å². The van der Waals surface area contributed by atoms with Gasteiger partial charge in [-0.25, -0.2) is 0 Å². The molecule has 0 aromatic heterocycles. The Morgan fingerprint density at radius 3 is 2.36 bits per heavy atom. The van der Waals surface area contributed by atoms with Gasteiger partial charge in [0.15, 0.2) is 0 Å². The van der Waals surface area contributed by atoms with Gasteiger partial charge in [0.05, 0.1) is 0 Å². The summed E-state index contributed by atoms with van der Waals surface area (Å²) in [6, 6.07) is 0.986. The second-order valence-corrected chi connectivity index (χ2v) is 5.71. The Kier molecular flexibility index (Phi) is 4.30. The number of rotatable bonds is 8. The summed E-state index contributed by atoms with van der Waals surface area (Å²) >= 11 is 3.49. The highest BCUT2D eigenvalue weighted by atomic mass is 79.9. The maximum atomic E-state index is 3.49. The van der Waals surface area contributed by atoms with Crippen LogP contribution < -0.4 is 0 Å². The molecule has 0 saturated heterocycles. The Morgan fingerprint density at radius 2 is 1.79 bits per heavy atom. The zero-order chi connectivity index (χ0) is 9.80. The Balaban J connectivity index is 1.57. The molecule has 1 nitrogen and oxygen atoms in total. The summed E-state index contributed by atoms with van der Waals surface area (Å²) in [6.07, 6.45) is 10.1. The first kappa shape index (κ1) is 10.9. The van der Waals surface area contributed by atoms with E-state index >= 15 is 0 Å². The van der Waals surface area contributed by atoms with Crippen LogP contribution in [0.5, 0.6) is 0 Å². The van der Waals surface area contributed by atoms with E-state index < -0.39 is 0 Å². The van der Waals surface area contributed by atoms with Crippen molar-refractivity contribution in [2.24, 2.45) is 5.92 Å². The van der Waals surface area contributed by atoms with Crippen LogP contribution in [-0.4, -0.2) is 29.4 Å². The van der Waals surface area contributed by atoms with E-state index in [4.69, 9.17) is 0 Å². The van der Waals surface area contributed by atoms with Crippen LogP contribution in [0.1, 0.15) is 44.9 Å². The molecule has 2 aliphatic rings. The molecule has 14 heavy (non-hydrogen) atoms. The Bertz CT molecular complexity index is 164. The van der Waals surface area contributed by atoms with Gasteiger partial charge in [0.2, 0.25) is 0 Å². The lowest BCUT2D eigenvalue weighted by Crippen LogP contribution is -2.29. The van der Waals surface area contributed by atoms with E-state index in [1.165, 1.54) is 63.4 Å². The van der Waals surface area contributed by atoms with E-state index in [1.807, 2.05) is 0 Å². The molecule has 2 heteroatoms. The Hall–Kier alpha value is 0.440. The molecule has 0 aromatic carbocycles. The van der Waals surface area contributed by atoms with Gasteiger partial charge in [-0.2, -0.15) is 0 Å². The van der Waals surface area contributed by atoms with Crippen LogP contribution in [0.25, 0.3) is 0 Å². The lowest BCUT2D eigenvalue weighted by Gasteiger charge is -2.21. The van der Waals surface area contributed by atoms with Gasteiger partial charge in [-0.1, -0.05) is 22.4 Å². The second kappa shape index (κ2) is 5.50. The topological polar surface area (TPSA) is 3.24 Å². The van der Waals surface area contributed by atoms with Gasteiger partial charge >= 0.3 is 0 Å². The van der Waals surface area contributed by atoms with Crippen LogP contribution in [-0.2, 0) is 0 Å². The summed E-state index contributed by atoms with van der Waals surface area (Å²) in [5, 5.41) is 1.18. The fourth-order valence-corrected chi connectivity index (χ4v) is 2.48. The third kappa shape index (κ3) is 3.90. The molecule has 2 rings (SSSR count). The molecule has 0 N–H and O–H groups in total. The minimum atomic E-state index is 0.986. The Morgan fingerprint density at radius 1 is 1.00 bits per heavy atom. The second-order valence-electron chi connectivity index (χ2n) is 4.92. The average molecular weight is 260 g/mol. The van der Waals surface area contributed by atoms with Crippen LogP contribution >= 0.6 is 15.9 Å². The fraction of sp³-hybridized carbons (Fsp3) is 1.00. The molecule has 0 aliphatic heterocycles. The van der Waals surface area contributed by atoms with Gasteiger partial charge in [-0.05, 0) is 51.0 Å². The minimum Gasteiger partial charge on any atom is -0.300 e. The van der Waals surface area contributed by atoms with Gasteiger partial charge in [0.25, 0.3) is 0 Å². The normalized spacial score (nSPS) is 21.9. The van der Waals surface area contributed by atoms with Gasteiger partial charge in [0, 0.05) is 17.9 Å². The number of hydrogen-bond acceptors (Lipinski definition) is 1. The number of hydrogen-bond donors (Lipinski definition) is 0. The van der Waals surface area contributed by atoms with Crippen LogP contribution in [0.15, 0.2) is 0 Å². The van der Waals surface area contributed by atoms with Crippen LogP contribution in [0.3, 0.4) is 0 Å². The third-order valence-electron chi connectivity index (χ3n) is 3.33. The first-order valence-electron chi connectivity index (χ1n) is 6.20. The molecule has 0 amide bonds. The van der Waals surface area contributed by atoms with Gasteiger partial charge in [0.1, 0.15) is 0 Å². The summed E-state index contributed by atoms with van der Waals surface area (Å²) in [5.74, 6) is 1.08. The van der Waals surface area contributed by atoms with E-state index in [9.17, 15) is 0 Å². The molecule has 2 aliphatic carbocycles. The summed E-state index contributed by atoms with van der Waals surface area (Å²) in [4.78, 5) is 2.77. The third-order valence-corrected chi connectivity index (χ3v) is 3.89. The molecule has 0 bridgehead atoms. The molecule has 0 heterocycles. The summed E-state index contributed by atoms with van der Waals surface area (Å²) in [5.41, 5.74) is 0. The van der Waals surface area contributed by atoms with E-state index in [2.05, 4.69) is 20.8 Å². The predicted octanol–water partition coefficient (Wildman–Crippen LogP) is 3.43. The van der Waals surface area contributed by atoms with Crippen LogP contribution in [0, 0.1) is 5.92 Å². The molecular weight excluding hydrogens is 238 g/mol. The number of unbranched alkanes of at least 4 members (excludes halogenated alkanes) is 2. The molecule has 0 aromatic rings. The first-order valence-corrected chi connectivity index (χ1v) is 7.32. The van der Waals surface area contributed by atoms with Crippen molar-refractivity contribution in [3.05, 3.63) is 0 Å². The lowest BCUT2D eigenvalue weighted by atomic mass is 10.2. The van der Waals surface area contributed by atoms with E-state index in [0.29, 0.717) is 0 Å². The highest BCUT2D eigenvalue weighted by Crippen LogP contribution is 2.34. The van der Waals surface area contributed by atoms with Crippen molar-refractivity contribution in [1.82, 2.24) is 4.90 Å². The largest absolute Gasteiger partial charge is 0.300 e. The molecule has 0 atom stereocenters. The monoisotopic (exact) mass is 259 g/mol. The lowest BCUT2D eigenvalue weighted by molar-refractivity contribution is 0.247. The zero-order valence-corrected chi connectivity index (χ0v) is 10.6.